The maximum Gasteiger partial charge on any atom is 0.347 e. The van der Waals surface area contributed by atoms with Crippen molar-refractivity contribution >= 4 is 44.1 Å². The average molecular weight is 671 g/mol. The monoisotopic (exact) mass is 670 g/mol. The summed E-state index contributed by atoms with van der Waals surface area (Å²) in [6, 6.07) is 26.1. The number of fused-ring (bicyclic) bond motifs is 2. The molecule has 0 unspecified atom stereocenters. The van der Waals surface area contributed by atoms with Crippen LogP contribution in [0.3, 0.4) is 0 Å². The number of carbonyl (C=O) groups excluding carboxylic acids is 1. The fourth-order valence-corrected chi connectivity index (χ4v) is 10.4. The summed E-state index contributed by atoms with van der Waals surface area (Å²) in [4.78, 5) is 14.3. The minimum atomic E-state index is -2.18. The minimum absolute atomic E-state index is 0.410. The van der Waals surface area contributed by atoms with Crippen molar-refractivity contribution in [1.82, 2.24) is 0 Å². The van der Waals surface area contributed by atoms with Crippen LogP contribution in [-0.4, -0.2) is 22.6 Å². The summed E-state index contributed by atoms with van der Waals surface area (Å²) >= 11 is 0. The van der Waals surface area contributed by atoms with Crippen LogP contribution in [0.15, 0.2) is 72.8 Å². The van der Waals surface area contributed by atoms with Crippen molar-refractivity contribution in [1.29, 1.82) is 0 Å². The van der Waals surface area contributed by atoms with E-state index in [9.17, 15) is 4.79 Å². The number of hydrogen-bond donors (Lipinski definition) is 0. The quantitative estimate of drug-likeness (QED) is 0.0406. The lowest BCUT2D eigenvalue weighted by Crippen LogP contribution is -2.35. The Morgan fingerprint density at radius 3 is 1.70 bits per heavy atom. The summed E-state index contributed by atoms with van der Waals surface area (Å²) in [6.07, 6.45) is 15.1. The summed E-state index contributed by atoms with van der Waals surface area (Å²) in [5.41, 5.74) is 0.444. The maximum absolute atomic E-state index is 14.3. The van der Waals surface area contributed by atoms with Gasteiger partial charge in [-0.1, -0.05) is 152 Å². The van der Waals surface area contributed by atoms with Gasteiger partial charge in [0, 0.05) is 16.2 Å². The van der Waals surface area contributed by atoms with Crippen LogP contribution in [0.25, 0.3) is 21.5 Å². The summed E-state index contributed by atoms with van der Waals surface area (Å²) in [6.45, 7) is 13.6. The molecule has 4 aromatic rings. The molecule has 4 aromatic carbocycles. The summed E-state index contributed by atoms with van der Waals surface area (Å²) < 4.78 is 20.2. The lowest BCUT2D eigenvalue weighted by atomic mass is 10.0. The molecule has 6 heteroatoms. The molecule has 0 aliphatic heterocycles. The van der Waals surface area contributed by atoms with E-state index < -0.39 is 22.6 Å². The normalized spacial score (nSPS) is 12.0. The van der Waals surface area contributed by atoms with E-state index in [4.69, 9.17) is 13.6 Å². The Kier molecular flexibility index (Phi) is 14.0. The smallest absolute Gasteiger partial charge is 0.347 e. The second kappa shape index (κ2) is 17.9. The van der Waals surface area contributed by atoms with Crippen LogP contribution in [0.1, 0.15) is 101 Å². The minimum Gasteiger partial charge on any atom is -0.544 e. The van der Waals surface area contributed by atoms with Gasteiger partial charge in [0.15, 0.2) is 0 Å². The first-order valence-electron chi connectivity index (χ1n) is 18.3. The van der Waals surface area contributed by atoms with Gasteiger partial charge >= 0.3 is 5.97 Å². The van der Waals surface area contributed by atoms with Crippen molar-refractivity contribution in [2.45, 2.75) is 129 Å². The largest absolute Gasteiger partial charge is 0.544 e. The molecular formula is C41H58O4Si2. The molecule has 4 nitrogen and oxygen atoms in total. The molecule has 0 fully saturated rings. The van der Waals surface area contributed by atoms with Crippen molar-refractivity contribution < 1.29 is 18.4 Å². The van der Waals surface area contributed by atoms with E-state index >= 15 is 0 Å². The number of ether oxygens (including phenoxy) is 1. The van der Waals surface area contributed by atoms with E-state index in [1.54, 1.807) is 0 Å². The first-order valence-corrected chi connectivity index (χ1v) is 24.5. The molecule has 0 amide bonds. The molecule has 4 rings (SSSR count). The lowest BCUT2D eigenvalue weighted by Gasteiger charge is -2.29. The number of unbranched alkanes of at least 4 members (excludes halogenated alkanes) is 10. The second-order valence-electron chi connectivity index (χ2n) is 14.4. The third-order valence-corrected chi connectivity index (χ3v) is 13.8. The SMILES string of the molecule is CCCCCCCC[Si](C)(C)Oc1cc(C(=O)Oc2cccc3ccccc23)c(O[Si](C)(C)CCCCCCCC)c2ccccc12. The zero-order valence-electron chi connectivity index (χ0n) is 30.0. The van der Waals surface area contributed by atoms with Gasteiger partial charge in [-0.15, -0.1) is 0 Å². The van der Waals surface area contributed by atoms with Crippen LogP contribution in [0.4, 0.5) is 0 Å². The highest BCUT2D eigenvalue weighted by Crippen LogP contribution is 2.41. The van der Waals surface area contributed by atoms with Gasteiger partial charge in [0.1, 0.15) is 22.8 Å². The van der Waals surface area contributed by atoms with E-state index in [2.05, 4.69) is 52.2 Å². The van der Waals surface area contributed by atoms with Crippen molar-refractivity contribution in [2.24, 2.45) is 0 Å². The standard InChI is InChI=1S/C41H58O4Si2/c1-7-9-11-13-15-21-30-46(3,4)44-39-32-37(41(42)43-38-29-23-25-33-24-17-18-26-34(33)38)40(36-28-20-19-27-35(36)39)45-47(5,6)31-22-16-14-12-10-8-2/h17-20,23-29,32H,7-16,21-22,30-31H2,1-6H3. The van der Waals surface area contributed by atoms with Crippen molar-refractivity contribution in [3.8, 4) is 17.2 Å². The molecule has 0 aliphatic carbocycles. The zero-order chi connectivity index (χ0) is 33.7. The molecule has 0 N–H and O–H groups in total. The third kappa shape index (κ3) is 11.0. The summed E-state index contributed by atoms with van der Waals surface area (Å²) in [5.74, 6) is 1.54. The predicted octanol–water partition coefficient (Wildman–Crippen LogP) is 13.1. The average Bonchev–Trinajstić information content (AvgIpc) is 3.05. The third-order valence-electron chi connectivity index (χ3n) is 9.16. The van der Waals surface area contributed by atoms with E-state index in [0.717, 1.165) is 45.8 Å². The Morgan fingerprint density at radius 1 is 0.553 bits per heavy atom. The second-order valence-corrected chi connectivity index (χ2v) is 22.9. The molecule has 0 bridgehead atoms. The van der Waals surface area contributed by atoms with E-state index in [-0.39, 0.29) is 0 Å². The Balaban J connectivity index is 1.67. The maximum atomic E-state index is 14.3. The topological polar surface area (TPSA) is 44.8 Å². The Hall–Kier alpha value is -3.10. The summed E-state index contributed by atoms with van der Waals surface area (Å²) in [7, 11) is -4.26. The highest BCUT2D eigenvalue weighted by molar-refractivity contribution is 6.72. The molecule has 0 aliphatic rings. The molecule has 0 atom stereocenters. The van der Waals surface area contributed by atoms with E-state index in [1.165, 1.54) is 70.6 Å². The zero-order valence-corrected chi connectivity index (χ0v) is 32.0. The Morgan fingerprint density at radius 2 is 1.06 bits per heavy atom. The molecule has 47 heavy (non-hydrogen) atoms. The van der Waals surface area contributed by atoms with Crippen LogP contribution in [0.2, 0.25) is 38.3 Å². The van der Waals surface area contributed by atoms with Crippen molar-refractivity contribution in [3.63, 3.8) is 0 Å². The fraction of sp³-hybridized carbons (Fsp3) is 0.488. The molecular weight excluding hydrogens is 613 g/mol. The highest BCUT2D eigenvalue weighted by Gasteiger charge is 2.31. The van der Waals surface area contributed by atoms with Crippen LogP contribution in [0.5, 0.6) is 17.2 Å². The van der Waals surface area contributed by atoms with Crippen LogP contribution < -0.4 is 13.6 Å². The van der Waals surface area contributed by atoms with Crippen LogP contribution in [0, 0.1) is 0 Å². The van der Waals surface area contributed by atoms with Gasteiger partial charge in [-0.3, -0.25) is 0 Å². The molecule has 0 saturated carbocycles. The molecule has 0 spiro atoms. The van der Waals surface area contributed by atoms with Gasteiger partial charge in [-0.2, -0.15) is 0 Å². The van der Waals surface area contributed by atoms with E-state index in [1.807, 2.05) is 60.7 Å². The van der Waals surface area contributed by atoms with E-state index in [0.29, 0.717) is 17.1 Å². The Bertz CT molecular complexity index is 1570. The lowest BCUT2D eigenvalue weighted by molar-refractivity contribution is 0.0735. The Labute approximate surface area is 286 Å². The predicted molar refractivity (Wildman–Crippen MR) is 205 cm³/mol. The molecule has 254 valence electrons. The number of benzene rings is 4. The van der Waals surface area contributed by atoms with Gasteiger partial charge in [0.2, 0.25) is 16.6 Å². The van der Waals surface area contributed by atoms with Gasteiger partial charge in [0.05, 0.1) is 0 Å². The first-order chi connectivity index (χ1) is 22.6. The number of rotatable bonds is 20. The summed E-state index contributed by atoms with van der Waals surface area (Å²) in [5, 5.41) is 3.86. The molecule has 0 radical (unpaired) electrons. The number of esters is 1. The molecule has 0 aromatic heterocycles. The number of carbonyl (C=O) groups is 1. The fourth-order valence-electron chi connectivity index (χ4n) is 6.44. The molecule has 0 saturated heterocycles. The van der Waals surface area contributed by atoms with Crippen LogP contribution in [-0.2, 0) is 0 Å². The van der Waals surface area contributed by atoms with Gasteiger partial charge in [0.25, 0.3) is 0 Å². The highest BCUT2D eigenvalue weighted by atomic mass is 28.4. The number of hydrogen-bond acceptors (Lipinski definition) is 4. The van der Waals surface area contributed by atoms with Crippen molar-refractivity contribution in [3.05, 3.63) is 78.4 Å². The van der Waals surface area contributed by atoms with Gasteiger partial charge in [-0.25, -0.2) is 4.79 Å². The van der Waals surface area contributed by atoms with Crippen LogP contribution >= 0.6 is 0 Å². The molecule has 0 heterocycles. The van der Waals surface area contributed by atoms with Crippen molar-refractivity contribution in [2.75, 3.05) is 0 Å². The first kappa shape index (κ1) is 36.7. The van der Waals surface area contributed by atoms with Gasteiger partial charge < -0.3 is 13.6 Å². The van der Waals surface area contributed by atoms with Gasteiger partial charge in [-0.05, 0) is 55.8 Å².